The van der Waals surface area contributed by atoms with Gasteiger partial charge < -0.3 is 10.2 Å². The summed E-state index contributed by atoms with van der Waals surface area (Å²) in [6.07, 6.45) is 0. The van der Waals surface area contributed by atoms with Crippen molar-refractivity contribution in [1.82, 2.24) is 0 Å². The van der Waals surface area contributed by atoms with Gasteiger partial charge in [-0.05, 0) is 37.1 Å². The average molecular weight is 254 g/mol. The molecule has 2 aromatic carbocycles. The number of hydrogen-bond acceptors (Lipinski definition) is 2. The summed E-state index contributed by atoms with van der Waals surface area (Å²) in [5.41, 5.74) is 5.14. The van der Waals surface area contributed by atoms with Gasteiger partial charge in [-0.15, -0.1) is 0 Å². The Morgan fingerprint density at radius 1 is 0.895 bits per heavy atom. The Labute approximate surface area is 116 Å². The number of benzene rings is 2. The van der Waals surface area contributed by atoms with Gasteiger partial charge in [0.05, 0.1) is 0 Å². The zero-order valence-corrected chi connectivity index (χ0v) is 12.0. The number of para-hydroxylation sites is 2. The molecular weight excluding hydrogens is 232 g/mol. The van der Waals surface area contributed by atoms with E-state index in [-0.39, 0.29) is 0 Å². The molecule has 100 valence electrons. The third-order valence-electron chi connectivity index (χ3n) is 3.43. The Balaban J connectivity index is 1.90. The summed E-state index contributed by atoms with van der Waals surface area (Å²) in [4.78, 5) is 2.26. The molecule has 0 unspecified atom stereocenters. The maximum atomic E-state index is 3.54. The molecule has 1 N–H and O–H groups in total. The van der Waals surface area contributed by atoms with Gasteiger partial charge in [-0.3, -0.25) is 0 Å². The molecule has 0 atom stereocenters. The molecule has 0 saturated heterocycles. The van der Waals surface area contributed by atoms with Crippen LogP contribution >= 0.6 is 0 Å². The van der Waals surface area contributed by atoms with Gasteiger partial charge in [0.25, 0.3) is 0 Å². The fraction of sp³-hybridized carbons (Fsp3) is 0.294. The van der Waals surface area contributed by atoms with Gasteiger partial charge in [0.2, 0.25) is 0 Å². The molecule has 0 aromatic heterocycles. The predicted octanol–water partition coefficient (Wildman–Crippen LogP) is 3.85. The molecule has 0 aliphatic heterocycles. The third kappa shape index (κ3) is 3.50. The van der Waals surface area contributed by atoms with Crippen LogP contribution in [0.5, 0.6) is 0 Å². The minimum Gasteiger partial charge on any atom is -0.383 e. The molecule has 19 heavy (non-hydrogen) atoms. The van der Waals surface area contributed by atoms with Crippen LogP contribution < -0.4 is 10.2 Å². The summed E-state index contributed by atoms with van der Waals surface area (Å²) in [5, 5.41) is 3.54. The van der Waals surface area contributed by atoms with E-state index >= 15 is 0 Å². The minimum absolute atomic E-state index is 0.942. The van der Waals surface area contributed by atoms with Crippen LogP contribution in [0, 0.1) is 13.8 Å². The van der Waals surface area contributed by atoms with Crippen molar-refractivity contribution >= 4 is 11.4 Å². The van der Waals surface area contributed by atoms with Crippen molar-refractivity contribution in [2.45, 2.75) is 13.8 Å². The van der Waals surface area contributed by atoms with Crippen LogP contribution in [0.1, 0.15) is 11.1 Å². The van der Waals surface area contributed by atoms with Crippen molar-refractivity contribution < 1.29 is 0 Å². The fourth-order valence-corrected chi connectivity index (χ4v) is 2.25. The lowest BCUT2D eigenvalue weighted by molar-refractivity contribution is 0.912. The first-order chi connectivity index (χ1) is 9.18. The number of likely N-dealkylation sites (N-methyl/N-ethyl adjacent to an activating group) is 1. The second-order valence-corrected chi connectivity index (χ2v) is 4.95. The van der Waals surface area contributed by atoms with Gasteiger partial charge in [-0.2, -0.15) is 0 Å². The molecule has 0 radical (unpaired) electrons. The fourth-order valence-electron chi connectivity index (χ4n) is 2.25. The molecule has 0 spiro atoms. The molecule has 0 aliphatic rings. The van der Waals surface area contributed by atoms with Crippen LogP contribution in [-0.2, 0) is 0 Å². The van der Waals surface area contributed by atoms with Crippen molar-refractivity contribution in [3.63, 3.8) is 0 Å². The zero-order chi connectivity index (χ0) is 13.7. The lowest BCUT2D eigenvalue weighted by atomic mass is 10.1. The van der Waals surface area contributed by atoms with E-state index in [2.05, 4.69) is 73.6 Å². The Hall–Kier alpha value is -1.96. The molecule has 2 heteroatoms. The van der Waals surface area contributed by atoms with E-state index < -0.39 is 0 Å². The highest BCUT2D eigenvalue weighted by Crippen LogP contribution is 2.19. The molecule has 0 aliphatic carbocycles. The first-order valence-corrected chi connectivity index (χ1v) is 6.75. The topological polar surface area (TPSA) is 15.3 Å². The van der Waals surface area contributed by atoms with Gasteiger partial charge in [0.15, 0.2) is 0 Å². The number of nitrogens with zero attached hydrogens (tertiary/aromatic N) is 1. The molecule has 0 heterocycles. The van der Waals surface area contributed by atoms with E-state index in [0.717, 1.165) is 13.1 Å². The molecule has 2 rings (SSSR count). The van der Waals surface area contributed by atoms with E-state index in [1.54, 1.807) is 0 Å². The Bertz CT molecular complexity index is 500. The highest BCUT2D eigenvalue weighted by Gasteiger charge is 2.02. The maximum absolute atomic E-state index is 3.54. The van der Waals surface area contributed by atoms with Crippen molar-refractivity contribution in [1.29, 1.82) is 0 Å². The van der Waals surface area contributed by atoms with E-state index in [1.165, 1.54) is 22.5 Å². The summed E-state index contributed by atoms with van der Waals surface area (Å²) in [6.45, 7) is 6.22. The average Bonchev–Trinajstić information content (AvgIpc) is 2.43. The SMILES string of the molecule is Cc1cccc(C)c1NCCN(C)c1ccccc1. The van der Waals surface area contributed by atoms with Crippen LogP contribution in [0.15, 0.2) is 48.5 Å². The number of nitrogens with one attached hydrogen (secondary N) is 1. The van der Waals surface area contributed by atoms with Gasteiger partial charge in [-0.1, -0.05) is 36.4 Å². The number of hydrogen-bond donors (Lipinski definition) is 1. The summed E-state index contributed by atoms with van der Waals surface area (Å²) in [7, 11) is 2.13. The molecule has 0 bridgehead atoms. The van der Waals surface area contributed by atoms with Gasteiger partial charge >= 0.3 is 0 Å². The summed E-state index contributed by atoms with van der Waals surface area (Å²) in [6, 6.07) is 16.9. The van der Waals surface area contributed by atoms with E-state index in [1.807, 2.05) is 6.07 Å². The van der Waals surface area contributed by atoms with Crippen LogP contribution in [0.3, 0.4) is 0 Å². The van der Waals surface area contributed by atoms with E-state index in [0.29, 0.717) is 0 Å². The minimum atomic E-state index is 0.942. The van der Waals surface area contributed by atoms with Crippen molar-refractivity contribution in [2.24, 2.45) is 0 Å². The molecule has 2 aromatic rings. The van der Waals surface area contributed by atoms with Crippen molar-refractivity contribution in [3.8, 4) is 0 Å². The Kier molecular flexibility index (Phi) is 4.45. The summed E-state index contributed by atoms with van der Waals surface area (Å²) < 4.78 is 0. The van der Waals surface area contributed by atoms with Crippen LogP contribution in [-0.4, -0.2) is 20.1 Å². The Morgan fingerprint density at radius 2 is 1.53 bits per heavy atom. The van der Waals surface area contributed by atoms with Gasteiger partial charge in [0.1, 0.15) is 0 Å². The van der Waals surface area contributed by atoms with Gasteiger partial charge in [-0.25, -0.2) is 0 Å². The lowest BCUT2D eigenvalue weighted by Crippen LogP contribution is -2.25. The quantitative estimate of drug-likeness (QED) is 0.871. The second-order valence-electron chi connectivity index (χ2n) is 4.95. The lowest BCUT2D eigenvalue weighted by Gasteiger charge is -2.20. The van der Waals surface area contributed by atoms with Crippen LogP contribution in [0.2, 0.25) is 0 Å². The number of anilines is 2. The highest BCUT2D eigenvalue weighted by molar-refractivity contribution is 5.56. The third-order valence-corrected chi connectivity index (χ3v) is 3.43. The monoisotopic (exact) mass is 254 g/mol. The molecule has 0 saturated carbocycles. The standard InChI is InChI=1S/C17H22N2/c1-14-8-7-9-15(2)17(14)18-12-13-19(3)16-10-5-4-6-11-16/h4-11,18H,12-13H2,1-3H3. The molecule has 2 nitrogen and oxygen atoms in total. The normalized spacial score (nSPS) is 10.3. The summed E-state index contributed by atoms with van der Waals surface area (Å²) in [5.74, 6) is 0. The van der Waals surface area contributed by atoms with Crippen LogP contribution in [0.25, 0.3) is 0 Å². The molecular formula is C17H22N2. The highest BCUT2D eigenvalue weighted by atomic mass is 15.1. The first kappa shape index (κ1) is 13.5. The Morgan fingerprint density at radius 3 is 2.16 bits per heavy atom. The zero-order valence-electron chi connectivity index (χ0n) is 12.0. The van der Waals surface area contributed by atoms with Crippen LogP contribution in [0.4, 0.5) is 11.4 Å². The molecule has 0 fully saturated rings. The smallest absolute Gasteiger partial charge is 0.0400 e. The number of aryl methyl sites for hydroxylation is 2. The van der Waals surface area contributed by atoms with E-state index in [4.69, 9.17) is 0 Å². The van der Waals surface area contributed by atoms with Crippen molar-refractivity contribution in [3.05, 3.63) is 59.7 Å². The maximum Gasteiger partial charge on any atom is 0.0400 e. The van der Waals surface area contributed by atoms with Gasteiger partial charge in [0, 0.05) is 31.5 Å². The number of rotatable bonds is 5. The first-order valence-electron chi connectivity index (χ1n) is 6.75. The summed E-state index contributed by atoms with van der Waals surface area (Å²) >= 11 is 0. The van der Waals surface area contributed by atoms with Crippen molar-refractivity contribution in [2.75, 3.05) is 30.4 Å². The second kappa shape index (κ2) is 6.28. The van der Waals surface area contributed by atoms with E-state index in [9.17, 15) is 0 Å². The molecule has 0 amide bonds. The predicted molar refractivity (Wildman–Crippen MR) is 84.1 cm³/mol. The largest absolute Gasteiger partial charge is 0.383 e.